The fourth-order valence-electron chi connectivity index (χ4n) is 4.18. The molecule has 204 valence electrons. The maximum absolute atomic E-state index is 13.2. The third kappa shape index (κ3) is 8.13. The maximum atomic E-state index is 13.2. The SMILES string of the molecule is COc1ccc(CC(C)(C)NC[C@@H](O)CN(C)S(=O)(=O)c2cccc(-c3ccc(CC(=O)O)cc3)c2)cc1. The lowest BCUT2D eigenvalue weighted by atomic mass is 9.94. The van der Waals surface area contributed by atoms with Crippen LogP contribution in [0, 0.1) is 0 Å². The molecule has 3 aromatic rings. The second-order valence-electron chi connectivity index (χ2n) is 10.0. The Balaban J connectivity index is 1.61. The van der Waals surface area contributed by atoms with Crippen LogP contribution in [0.25, 0.3) is 11.1 Å². The number of carboxylic acid groups (broad SMARTS) is 1. The van der Waals surface area contributed by atoms with Crippen molar-refractivity contribution in [2.24, 2.45) is 0 Å². The van der Waals surface area contributed by atoms with Crippen molar-refractivity contribution in [3.8, 4) is 16.9 Å². The number of carboxylic acids is 1. The predicted molar refractivity (Wildman–Crippen MR) is 148 cm³/mol. The molecule has 0 spiro atoms. The number of nitrogens with zero attached hydrogens (tertiary/aromatic N) is 1. The summed E-state index contributed by atoms with van der Waals surface area (Å²) in [5.41, 5.74) is 2.95. The van der Waals surface area contributed by atoms with Crippen LogP contribution in [-0.2, 0) is 27.7 Å². The van der Waals surface area contributed by atoms with E-state index in [1.54, 1.807) is 49.6 Å². The van der Waals surface area contributed by atoms with Crippen LogP contribution in [0.2, 0.25) is 0 Å². The number of benzene rings is 3. The van der Waals surface area contributed by atoms with Gasteiger partial charge in [0, 0.05) is 25.7 Å². The first-order valence-electron chi connectivity index (χ1n) is 12.3. The molecule has 1 atom stereocenters. The summed E-state index contributed by atoms with van der Waals surface area (Å²) in [6.07, 6.45) is -0.257. The number of aliphatic hydroxyl groups is 1. The van der Waals surface area contributed by atoms with Gasteiger partial charge in [0.25, 0.3) is 0 Å². The minimum Gasteiger partial charge on any atom is -0.497 e. The van der Waals surface area contributed by atoms with Gasteiger partial charge in [0.1, 0.15) is 5.75 Å². The van der Waals surface area contributed by atoms with Gasteiger partial charge in [-0.1, -0.05) is 48.5 Å². The normalized spacial score (nSPS) is 12.9. The molecule has 0 unspecified atom stereocenters. The molecule has 3 aromatic carbocycles. The minimum absolute atomic E-state index is 0.0674. The van der Waals surface area contributed by atoms with Crippen LogP contribution in [0.1, 0.15) is 25.0 Å². The highest BCUT2D eigenvalue weighted by atomic mass is 32.2. The Labute approximate surface area is 224 Å². The topological polar surface area (TPSA) is 116 Å². The lowest BCUT2D eigenvalue weighted by molar-refractivity contribution is -0.136. The van der Waals surface area contributed by atoms with Gasteiger partial charge < -0.3 is 20.3 Å². The van der Waals surface area contributed by atoms with Gasteiger partial charge in [0.15, 0.2) is 0 Å². The Morgan fingerprint density at radius 2 is 1.63 bits per heavy atom. The summed E-state index contributed by atoms with van der Waals surface area (Å²) < 4.78 is 32.8. The molecule has 0 bridgehead atoms. The minimum atomic E-state index is -3.84. The van der Waals surface area contributed by atoms with Crippen LogP contribution < -0.4 is 10.1 Å². The van der Waals surface area contributed by atoms with Gasteiger partial charge in [-0.2, -0.15) is 4.31 Å². The number of hydrogen-bond donors (Lipinski definition) is 3. The number of rotatable bonds is 13. The van der Waals surface area contributed by atoms with Gasteiger partial charge in [-0.25, -0.2) is 8.42 Å². The monoisotopic (exact) mass is 540 g/mol. The predicted octanol–water partition coefficient (Wildman–Crippen LogP) is 3.58. The largest absolute Gasteiger partial charge is 0.497 e. The van der Waals surface area contributed by atoms with Crippen molar-refractivity contribution in [2.45, 2.75) is 43.2 Å². The van der Waals surface area contributed by atoms with Crippen LogP contribution in [0.4, 0.5) is 0 Å². The Morgan fingerprint density at radius 3 is 2.24 bits per heavy atom. The van der Waals surface area contributed by atoms with E-state index in [-0.39, 0.29) is 29.9 Å². The van der Waals surface area contributed by atoms with E-state index in [1.807, 2.05) is 38.1 Å². The summed E-state index contributed by atoms with van der Waals surface area (Å²) in [5.74, 6) is -0.120. The summed E-state index contributed by atoms with van der Waals surface area (Å²) in [7, 11) is -0.764. The number of aliphatic carboxylic acids is 1. The van der Waals surface area contributed by atoms with Gasteiger partial charge >= 0.3 is 5.97 Å². The molecule has 0 saturated heterocycles. The first kappa shape index (κ1) is 29.3. The second kappa shape index (κ2) is 12.5. The standard InChI is InChI=1S/C29H36N2O6S/c1-29(2,18-22-10-14-26(37-4)15-11-22)30-19-25(32)20-31(3)38(35,36)27-7-5-6-24(17-27)23-12-8-21(9-13-23)16-28(33)34/h5-15,17,25,30,32H,16,18-20H2,1-4H3,(H,33,34)/t25-/m1/s1. The molecule has 8 nitrogen and oxygen atoms in total. The van der Waals surface area contributed by atoms with E-state index in [9.17, 15) is 18.3 Å². The lowest BCUT2D eigenvalue weighted by Gasteiger charge is -2.29. The van der Waals surface area contributed by atoms with E-state index in [4.69, 9.17) is 9.84 Å². The zero-order valence-electron chi connectivity index (χ0n) is 22.2. The number of aliphatic hydroxyl groups excluding tert-OH is 1. The van der Waals surface area contributed by atoms with E-state index in [0.29, 0.717) is 11.1 Å². The van der Waals surface area contributed by atoms with Crippen LogP contribution >= 0.6 is 0 Å². The molecule has 9 heteroatoms. The third-order valence-electron chi connectivity index (χ3n) is 6.27. The fraction of sp³-hybridized carbons (Fsp3) is 0.345. The zero-order valence-corrected chi connectivity index (χ0v) is 23.0. The number of hydrogen-bond acceptors (Lipinski definition) is 6. The Hall–Kier alpha value is -3.24. The number of β-amino-alcohol motifs (C(OH)–C–C–N with tert-alkyl or cyclic N) is 1. The number of nitrogens with one attached hydrogen (secondary N) is 1. The molecule has 38 heavy (non-hydrogen) atoms. The molecule has 3 rings (SSSR count). The quantitative estimate of drug-likeness (QED) is 0.303. The summed E-state index contributed by atoms with van der Waals surface area (Å²) in [6, 6.07) is 21.4. The van der Waals surface area contributed by atoms with E-state index >= 15 is 0 Å². The van der Waals surface area contributed by atoms with Gasteiger partial charge in [0.2, 0.25) is 10.0 Å². The number of ether oxygens (including phenoxy) is 1. The average molecular weight is 541 g/mol. The smallest absolute Gasteiger partial charge is 0.307 e. The van der Waals surface area contributed by atoms with E-state index in [0.717, 1.165) is 27.6 Å². The highest BCUT2D eigenvalue weighted by Crippen LogP contribution is 2.25. The van der Waals surface area contributed by atoms with Gasteiger partial charge in [0.05, 0.1) is 24.5 Å². The van der Waals surface area contributed by atoms with Crippen molar-refractivity contribution in [1.29, 1.82) is 0 Å². The van der Waals surface area contributed by atoms with Crippen LogP contribution in [0.3, 0.4) is 0 Å². The molecule has 0 aliphatic rings. The summed E-state index contributed by atoms with van der Waals surface area (Å²) >= 11 is 0. The van der Waals surface area contributed by atoms with E-state index < -0.39 is 22.1 Å². The van der Waals surface area contributed by atoms with Gasteiger partial charge in [-0.3, -0.25) is 4.79 Å². The molecule has 0 aliphatic carbocycles. The molecular formula is C29H36N2O6S. The zero-order chi connectivity index (χ0) is 27.9. The van der Waals surface area contributed by atoms with Crippen molar-refractivity contribution >= 4 is 16.0 Å². The third-order valence-corrected chi connectivity index (χ3v) is 8.09. The molecule has 0 aliphatic heterocycles. The highest BCUT2D eigenvalue weighted by molar-refractivity contribution is 7.89. The molecule has 3 N–H and O–H groups in total. The van der Waals surface area contributed by atoms with Crippen molar-refractivity contribution < 1.29 is 28.2 Å². The molecule has 0 heterocycles. The van der Waals surface area contributed by atoms with E-state index in [1.165, 1.54) is 13.1 Å². The van der Waals surface area contributed by atoms with Crippen molar-refractivity contribution in [3.63, 3.8) is 0 Å². The molecule has 0 radical (unpaired) electrons. The first-order chi connectivity index (χ1) is 17.9. The van der Waals surface area contributed by atoms with Gasteiger partial charge in [-0.05, 0) is 66.8 Å². The summed E-state index contributed by atoms with van der Waals surface area (Å²) in [5, 5.41) is 22.9. The number of carbonyl (C=O) groups is 1. The molecule has 0 saturated carbocycles. The molecule has 0 aromatic heterocycles. The first-order valence-corrected chi connectivity index (χ1v) is 13.8. The number of methoxy groups -OCH3 is 1. The van der Waals surface area contributed by atoms with Crippen molar-refractivity contribution in [2.75, 3.05) is 27.2 Å². The Morgan fingerprint density at radius 1 is 1.00 bits per heavy atom. The van der Waals surface area contributed by atoms with Gasteiger partial charge in [-0.15, -0.1) is 0 Å². The Bertz CT molecular complexity index is 1320. The van der Waals surface area contributed by atoms with Crippen molar-refractivity contribution in [1.82, 2.24) is 9.62 Å². The number of sulfonamides is 1. The molecule has 0 fully saturated rings. The number of likely N-dealkylation sites (N-methyl/N-ethyl adjacent to an activating group) is 1. The van der Waals surface area contributed by atoms with Crippen LogP contribution in [0.5, 0.6) is 5.75 Å². The van der Waals surface area contributed by atoms with Crippen molar-refractivity contribution in [3.05, 3.63) is 83.9 Å². The molecular weight excluding hydrogens is 504 g/mol. The summed E-state index contributed by atoms with van der Waals surface area (Å²) in [4.78, 5) is 11.0. The summed E-state index contributed by atoms with van der Waals surface area (Å²) in [6.45, 7) is 4.22. The van der Waals surface area contributed by atoms with Crippen LogP contribution in [-0.4, -0.2) is 67.8 Å². The molecule has 0 amide bonds. The lowest BCUT2D eigenvalue weighted by Crippen LogP contribution is -2.47. The highest BCUT2D eigenvalue weighted by Gasteiger charge is 2.25. The average Bonchev–Trinajstić information content (AvgIpc) is 2.88. The second-order valence-corrected chi connectivity index (χ2v) is 12.1. The van der Waals surface area contributed by atoms with E-state index in [2.05, 4.69) is 5.32 Å². The van der Waals surface area contributed by atoms with Crippen LogP contribution in [0.15, 0.2) is 77.7 Å². The maximum Gasteiger partial charge on any atom is 0.307 e. The Kier molecular flexibility index (Phi) is 9.67. The fourth-order valence-corrected chi connectivity index (χ4v) is 5.43.